The van der Waals surface area contributed by atoms with Gasteiger partial charge in [-0.2, -0.15) is 18.3 Å². The number of aromatic nitrogens is 3. The lowest BCUT2D eigenvalue weighted by molar-refractivity contribution is -0.379. The lowest BCUT2D eigenvalue weighted by atomic mass is 9.95. The first-order chi connectivity index (χ1) is 13.3. The molecule has 0 saturated heterocycles. The van der Waals surface area contributed by atoms with Gasteiger partial charge in [-0.3, -0.25) is 10.4 Å². The molecule has 0 bridgehead atoms. The summed E-state index contributed by atoms with van der Waals surface area (Å²) in [6.07, 6.45) is -0.574. The molecule has 0 atom stereocenters. The lowest BCUT2D eigenvalue weighted by Crippen LogP contribution is -2.80. The normalized spacial score (nSPS) is 15.0. The molecule has 3 aromatic rings. The molecule has 2 aromatic heterocycles. The van der Waals surface area contributed by atoms with Crippen molar-refractivity contribution in [1.82, 2.24) is 14.8 Å². The summed E-state index contributed by atoms with van der Waals surface area (Å²) >= 11 is 0. The number of fused-ring (bicyclic) bond motifs is 2. The summed E-state index contributed by atoms with van der Waals surface area (Å²) in [6.45, 7) is -0.318. The number of nitrogens with one attached hydrogen (secondary N) is 2. The van der Waals surface area contributed by atoms with Crippen LogP contribution in [0.2, 0.25) is 0 Å². The fourth-order valence-electron chi connectivity index (χ4n) is 3.72. The van der Waals surface area contributed by atoms with E-state index in [1.807, 2.05) is 24.3 Å². The second-order valence-electron chi connectivity index (χ2n) is 6.85. The number of nitrogens with two attached hydrogens (primary N) is 1. The van der Waals surface area contributed by atoms with Crippen molar-refractivity contribution in [1.29, 1.82) is 0 Å². The topological polar surface area (TPSA) is 90.7 Å². The molecule has 1 aromatic carbocycles. The Kier molecular flexibility index (Phi) is 4.44. The van der Waals surface area contributed by atoms with Crippen LogP contribution in [0.15, 0.2) is 30.5 Å². The molecule has 0 aliphatic heterocycles. The van der Waals surface area contributed by atoms with Crippen LogP contribution in [0.1, 0.15) is 35.4 Å². The van der Waals surface area contributed by atoms with Crippen LogP contribution in [-0.4, -0.2) is 26.5 Å². The zero-order valence-corrected chi connectivity index (χ0v) is 14.9. The van der Waals surface area contributed by atoms with Crippen LogP contribution in [0.3, 0.4) is 0 Å². The van der Waals surface area contributed by atoms with Gasteiger partial charge in [0, 0.05) is 28.4 Å². The summed E-state index contributed by atoms with van der Waals surface area (Å²) in [5.41, 5.74) is 7.33. The number of benzene rings is 1. The van der Waals surface area contributed by atoms with Crippen LogP contribution in [0.4, 0.5) is 13.2 Å². The van der Waals surface area contributed by atoms with E-state index in [-0.39, 0.29) is 17.9 Å². The van der Waals surface area contributed by atoms with Crippen LogP contribution in [0.25, 0.3) is 10.9 Å². The van der Waals surface area contributed by atoms with Crippen molar-refractivity contribution in [3.63, 3.8) is 0 Å². The number of carbonyl (C=O) groups excluding carboxylic acids is 1. The molecule has 1 aliphatic carbocycles. The van der Waals surface area contributed by atoms with E-state index in [1.165, 1.54) is 0 Å². The zero-order valence-electron chi connectivity index (χ0n) is 14.9. The van der Waals surface area contributed by atoms with E-state index < -0.39 is 17.8 Å². The van der Waals surface area contributed by atoms with Crippen molar-refractivity contribution in [2.45, 2.75) is 38.4 Å². The highest BCUT2D eigenvalue weighted by Crippen LogP contribution is 2.35. The van der Waals surface area contributed by atoms with Crippen LogP contribution in [-0.2, 0) is 30.4 Å². The van der Waals surface area contributed by atoms with Crippen molar-refractivity contribution in [2.24, 2.45) is 5.73 Å². The van der Waals surface area contributed by atoms with Gasteiger partial charge in [0.2, 0.25) is 0 Å². The van der Waals surface area contributed by atoms with Gasteiger partial charge in [-0.15, -0.1) is 0 Å². The van der Waals surface area contributed by atoms with Crippen LogP contribution in [0.5, 0.6) is 0 Å². The van der Waals surface area contributed by atoms with Crippen LogP contribution < -0.4 is 10.7 Å². The lowest BCUT2D eigenvalue weighted by Gasteiger charge is -2.13. The standard InChI is InChI=1S/C19H18F3N5O/c20-19(21,22)17-12-6-2-4-8-15(12)27(26-17)10-16(28)25-18(23)13-9-24-14-7-3-1-5-11(13)14/h1,3,5,7,9,24H,2,4,6,8,10H2,(H2,23,25,28)/p+1. The number of halogens is 3. The molecule has 0 saturated carbocycles. The quantitative estimate of drug-likeness (QED) is 0.465. The van der Waals surface area contributed by atoms with Crippen molar-refractivity contribution in [3.8, 4) is 0 Å². The molecule has 1 aliphatic rings. The highest BCUT2D eigenvalue weighted by molar-refractivity contribution is 6.06. The third-order valence-corrected chi connectivity index (χ3v) is 4.97. The Bertz CT molecular complexity index is 1080. The number of alkyl halides is 3. The van der Waals surface area contributed by atoms with E-state index >= 15 is 0 Å². The molecule has 4 N–H and O–H groups in total. The largest absolute Gasteiger partial charge is 0.435 e. The van der Waals surface area contributed by atoms with E-state index in [0.29, 0.717) is 30.5 Å². The molecule has 6 nitrogen and oxygen atoms in total. The number of hydrogen-bond donors (Lipinski definition) is 3. The van der Waals surface area contributed by atoms with E-state index in [9.17, 15) is 18.0 Å². The van der Waals surface area contributed by atoms with Gasteiger partial charge in [-0.05, 0) is 31.7 Å². The Hall–Kier alpha value is -3.10. The van der Waals surface area contributed by atoms with Gasteiger partial charge < -0.3 is 4.98 Å². The van der Waals surface area contributed by atoms with Crippen LogP contribution >= 0.6 is 0 Å². The van der Waals surface area contributed by atoms with Crippen molar-refractivity contribution in [2.75, 3.05) is 0 Å². The van der Waals surface area contributed by atoms with Crippen molar-refractivity contribution >= 4 is 22.6 Å². The highest BCUT2D eigenvalue weighted by atomic mass is 19.4. The Balaban J connectivity index is 1.62. The van der Waals surface area contributed by atoms with E-state index in [2.05, 4.69) is 15.1 Å². The van der Waals surface area contributed by atoms with Gasteiger partial charge >= 0.3 is 12.1 Å². The van der Waals surface area contributed by atoms with Crippen molar-refractivity contribution < 1.29 is 23.0 Å². The molecule has 0 radical (unpaired) electrons. The number of nitrogen functional groups attached to an aromatic ring is 1. The molecule has 2 heterocycles. The average molecular weight is 390 g/mol. The molecular weight excluding hydrogens is 371 g/mol. The van der Waals surface area contributed by atoms with Gasteiger partial charge in [0.15, 0.2) is 5.69 Å². The number of aromatic amines is 1. The Morgan fingerprint density at radius 3 is 2.79 bits per heavy atom. The fraction of sp³-hybridized carbons (Fsp3) is 0.316. The Morgan fingerprint density at radius 2 is 2.00 bits per heavy atom. The van der Waals surface area contributed by atoms with Crippen molar-refractivity contribution in [3.05, 3.63) is 53.0 Å². The van der Waals surface area contributed by atoms with Gasteiger partial charge in [0.1, 0.15) is 6.54 Å². The minimum absolute atomic E-state index is 0.138. The van der Waals surface area contributed by atoms with E-state index in [0.717, 1.165) is 22.0 Å². The number of rotatable bonds is 3. The third-order valence-electron chi connectivity index (χ3n) is 4.97. The predicted octanol–water partition coefficient (Wildman–Crippen LogP) is 1.27. The number of para-hydroxylation sites is 1. The van der Waals surface area contributed by atoms with E-state index in [4.69, 9.17) is 5.73 Å². The Labute approximate surface area is 158 Å². The molecule has 0 unspecified atom stereocenters. The maximum atomic E-state index is 13.3. The monoisotopic (exact) mass is 390 g/mol. The summed E-state index contributed by atoms with van der Waals surface area (Å²) in [5, 5.41) is 4.54. The number of hydrogen-bond acceptors (Lipinski definition) is 2. The molecule has 1 amide bonds. The summed E-state index contributed by atoms with van der Waals surface area (Å²) in [5.74, 6) is -0.383. The number of carbonyl (C=O) groups is 1. The predicted molar refractivity (Wildman–Crippen MR) is 96.4 cm³/mol. The molecule has 4 rings (SSSR count). The van der Waals surface area contributed by atoms with Crippen LogP contribution in [0, 0.1) is 0 Å². The zero-order chi connectivity index (χ0) is 19.9. The molecule has 0 spiro atoms. The molecule has 146 valence electrons. The maximum absolute atomic E-state index is 13.3. The molecule has 0 fully saturated rings. The second-order valence-corrected chi connectivity index (χ2v) is 6.85. The molecular formula is C19H19F3N5O+. The number of amidine groups is 1. The summed E-state index contributed by atoms with van der Waals surface area (Å²) in [6, 6.07) is 7.46. The summed E-state index contributed by atoms with van der Waals surface area (Å²) < 4.78 is 41.0. The second kappa shape index (κ2) is 6.81. The summed E-state index contributed by atoms with van der Waals surface area (Å²) in [7, 11) is 0. The van der Waals surface area contributed by atoms with Gasteiger partial charge in [0.25, 0.3) is 5.84 Å². The minimum Gasteiger partial charge on any atom is -0.360 e. The maximum Gasteiger partial charge on any atom is 0.435 e. The number of nitrogens with zero attached hydrogens (tertiary/aromatic N) is 2. The van der Waals surface area contributed by atoms with E-state index in [1.54, 1.807) is 6.20 Å². The average Bonchev–Trinajstić information content (AvgIpc) is 3.23. The van der Waals surface area contributed by atoms with Gasteiger partial charge in [-0.25, -0.2) is 9.79 Å². The number of H-pyrrole nitrogens is 1. The van der Waals surface area contributed by atoms with Gasteiger partial charge in [0.05, 0.1) is 5.56 Å². The third kappa shape index (κ3) is 3.28. The minimum atomic E-state index is -4.53. The highest BCUT2D eigenvalue weighted by Gasteiger charge is 2.39. The SMILES string of the molecule is NC(=[NH+]C(=O)Cn1nc(C(F)(F)F)c2c1CCCC2)c1c[nH]c2ccccc12. The smallest absolute Gasteiger partial charge is 0.360 e. The molecule has 9 heteroatoms. The Morgan fingerprint density at radius 1 is 1.25 bits per heavy atom. The number of amides is 1. The summed E-state index contributed by atoms with van der Waals surface area (Å²) in [4.78, 5) is 18.1. The first-order valence-electron chi connectivity index (χ1n) is 8.99. The molecule has 28 heavy (non-hydrogen) atoms. The first-order valence-corrected chi connectivity index (χ1v) is 8.99. The first kappa shape index (κ1) is 18.3. The fourth-order valence-corrected chi connectivity index (χ4v) is 3.72. The van der Waals surface area contributed by atoms with Gasteiger partial charge in [-0.1, -0.05) is 18.2 Å².